The van der Waals surface area contributed by atoms with Crippen LogP contribution < -0.4 is 5.73 Å². The van der Waals surface area contributed by atoms with Gasteiger partial charge in [0.1, 0.15) is 18.4 Å². The van der Waals surface area contributed by atoms with Crippen molar-refractivity contribution in [3.63, 3.8) is 0 Å². The standard InChI is InChI=1S/C23H22ClN5O/c24-19-5-1-3-17(11-19)4-2-8-28-9-10-29(20(14-28)15-30)13-18-6-7-21-22(12-18)26-16-27-23(21)25/h1,3,5-7,11-12,15-16,20H,8-10,13-14H2,(H2,25,26,27). The molecule has 0 amide bonds. The molecule has 7 heteroatoms. The van der Waals surface area contributed by atoms with Crippen molar-refractivity contribution in [1.82, 2.24) is 19.8 Å². The highest BCUT2D eigenvalue weighted by Crippen LogP contribution is 2.20. The number of hydrogen-bond acceptors (Lipinski definition) is 6. The Morgan fingerprint density at radius 1 is 1.20 bits per heavy atom. The second-order valence-corrected chi connectivity index (χ2v) is 7.77. The van der Waals surface area contributed by atoms with Crippen molar-refractivity contribution in [2.24, 2.45) is 0 Å². The fourth-order valence-electron chi connectivity index (χ4n) is 3.65. The number of halogens is 1. The van der Waals surface area contributed by atoms with Crippen LogP contribution in [0.5, 0.6) is 0 Å². The molecule has 0 spiro atoms. The number of fused-ring (bicyclic) bond motifs is 1. The Hall–Kier alpha value is -2.98. The van der Waals surface area contributed by atoms with Gasteiger partial charge in [-0.05, 0) is 35.9 Å². The fourth-order valence-corrected chi connectivity index (χ4v) is 3.84. The van der Waals surface area contributed by atoms with E-state index in [1.54, 1.807) is 0 Å². The molecular weight excluding hydrogens is 398 g/mol. The lowest BCUT2D eigenvalue weighted by Crippen LogP contribution is -2.53. The van der Waals surface area contributed by atoms with E-state index in [-0.39, 0.29) is 6.04 Å². The molecule has 0 radical (unpaired) electrons. The Morgan fingerprint density at radius 2 is 2.10 bits per heavy atom. The lowest BCUT2D eigenvalue weighted by molar-refractivity contribution is -0.114. The Balaban J connectivity index is 1.39. The van der Waals surface area contributed by atoms with E-state index in [2.05, 4.69) is 31.6 Å². The number of nitrogen functional groups attached to an aromatic ring is 1. The number of benzene rings is 2. The number of carbonyl (C=O) groups is 1. The molecule has 0 aliphatic carbocycles. The van der Waals surface area contributed by atoms with E-state index in [4.69, 9.17) is 17.3 Å². The summed E-state index contributed by atoms with van der Waals surface area (Å²) >= 11 is 6.00. The molecule has 1 aliphatic rings. The van der Waals surface area contributed by atoms with Crippen LogP contribution in [0.1, 0.15) is 11.1 Å². The molecule has 30 heavy (non-hydrogen) atoms. The van der Waals surface area contributed by atoms with Gasteiger partial charge >= 0.3 is 0 Å². The summed E-state index contributed by atoms with van der Waals surface area (Å²) < 4.78 is 0. The van der Waals surface area contributed by atoms with Crippen LogP contribution in [0.4, 0.5) is 5.82 Å². The maximum atomic E-state index is 11.7. The van der Waals surface area contributed by atoms with E-state index >= 15 is 0 Å². The van der Waals surface area contributed by atoms with Crippen LogP contribution in [0.25, 0.3) is 10.9 Å². The van der Waals surface area contributed by atoms with Gasteiger partial charge in [-0.3, -0.25) is 9.80 Å². The molecule has 4 rings (SSSR count). The largest absolute Gasteiger partial charge is 0.383 e. The van der Waals surface area contributed by atoms with Crippen LogP contribution in [0, 0.1) is 11.8 Å². The number of nitrogens with two attached hydrogens (primary N) is 1. The summed E-state index contributed by atoms with van der Waals surface area (Å²) in [4.78, 5) is 24.5. The third-order valence-corrected chi connectivity index (χ3v) is 5.49. The second kappa shape index (κ2) is 9.23. The summed E-state index contributed by atoms with van der Waals surface area (Å²) in [5.41, 5.74) is 8.72. The van der Waals surface area contributed by atoms with Gasteiger partial charge < -0.3 is 10.5 Å². The van der Waals surface area contributed by atoms with Crippen LogP contribution in [-0.4, -0.2) is 58.3 Å². The Bertz CT molecular complexity index is 1120. The zero-order valence-electron chi connectivity index (χ0n) is 16.5. The molecular formula is C23H22ClN5O. The Kier molecular flexibility index (Phi) is 6.24. The van der Waals surface area contributed by atoms with Crippen LogP contribution >= 0.6 is 11.6 Å². The summed E-state index contributed by atoms with van der Waals surface area (Å²) in [5, 5.41) is 1.52. The topological polar surface area (TPSA) is 75.3 Å². The number of aromatic nitrogens is 2. The van der Waals surface area contributed by atoms with E-state index < -0.39 is 0 Å². The van der Waals surface area contributed by atoms with Crippen molar-refractivity contribution in [2.45, 2.75) is 12.6 Å². The molecule has 1 aliphatic heterocycles. The van der Waals surface area contributed by atoms with Gasteiger partial charge in [0, 0.05) is 42.2 Å². The van der Waals surface area contributed by atoms with Gasteiger partial charge in [0.15, 0.2) is 0 Å². The molecule has 152 valence electrons. The molecule has 1 fully saturated rings. The first kappa shape index (κ1) is 20.3. The van der Waals surface area contributed by atoms with Crippen molar-refractivity contribution in [3.05, 3.63) is 64.9 Å². The van der Waals surface area contributed by atoms with Gasteiger partial charge in [0.25, 0.3) is 0 Å². The minimum Gasteiger partial charge on any atom is -0.383 e. The maximum absolute atomic E-state index is 11.7. The number of rotatable bonds is 4. The van der Waals surface area contributed by atoms with E-state index in [0.29, 0.717) is 30.5 Å². The molecule has 0 saturated carbocycles. The van der Waals surface area contributed by atoms with E-state index in [1.165, 1.54) is 6.33 Å². The van der Waals surface area contributed by atoms with E-state index in [0.717, 1.165) is 41.4 Å². The molecule has 1 saturated heterocycles. The number of anilines is 1. The van der Waals surface area contributed by atoms with Crippen molar-refractivity contribution in [1.29, 1.82) is 0 Å². The van der Waals surface area contributed by atoms with E-state index in [1.807, 2.05) is 42.5 Å². The zero-order valence-corrected chi connectivity index (χ0v) is 17.2. The molecule has 2 aromatic carbocycles. The first-order valence-corrected chi connectivity index (χ1v) is 10.2. The highest BCUT2D eigenvalue weighted by Gasteiger charge is 2.26. The van der Waals surface area contributed by atoms with Gasteiger partial charge in [-0.2, -0.15) is 0 Å². The first-order chi connectivity index (χ1) is 14.6. The van der Waals surface area contributed by atoms with Gasteiger partial charge in [-0.15, -0.1) is 0 Å². The van der Waals surface area contributed by atoms with Gasteiger partial charge in [-0.25, -0.2) is 9.97 Å². The minimum atomic E-state index is -0.169. The molecule has 3 aromatic rings. The maximum Gasteiger partial charge on any atom is 0.138 e. The van der Waals surface area contributed by atoms with Crippen molar-refractivity contribution >= 4 is 34.6 Å². The smallest absolute Gasteiger partial charge is 0.138 e. The van der Waals surface area contributed by atoms with Crippen LogP contribution in [0.3, 0.4) is 0 Å². The molecule has 2 N–H and O–H groups in total. The third-order valence-electron chi connectivity index (χ3n) is 5.25. The van der Waals surface area contributed by atoms with Crippen LogP contribution in [0.15, 0.2) is 48.8 Å². The van der Waals surface area contributed by atoms with Gasteiger partial charge in [0.05, 0.1) is 18.1 Å². The predicted octanol–water partition coefficient (Wildman–Crippen LogP) is 2.60. The first-order valence-electron chi connectivity index (χ1n) is 9.77. The molecule has 2 heterocycles. The summed E-state index contributed by atoms with van der Waals surface area (Å²) in [6.07, 6.45) is 2.50. The Morgan fingerprint density at radius 3 is 2.93 bits per heavy atom. The molecule has 1 atom stereocenters. The average molecular weight is 420 g/mol. The summed E-state index contributed by atoms with van der Waals surface area (Å²) in [5.74, 6) is 6.80. The summed E-state index contributed by atoms with van der Waals surface area (Å²) in [6, 6.07) is 13.3. The second-order valence-electron chi connectivity index (χ2n) is 7.33. The fraction of sp³-hybridized carbons (Fsp3) is 0.261. The van der Waals surface area contributed by atoms with Crippen molar-refractivity contribution in [3.8, 4) is 11.8 Å². The Labute approximate surface area is 180 Å². The minimum absolute atomic E-state index is 0.169. The lowest BCUT2D eigenvalue weighted by atomic mass is 10.1. The third kappa shape index (κ3) is 4.77. The summed E-state index contributed by atoms with van der Waals surface area (Å²) in [7, 11) is 0. The molecule has 6 nitrogen and oxygen atoms in total. The number of carbonyl (C=O) groups excluding carboxylic acids is 1. The monoisotopic (exact) mass is 419 g/mol. The van der Waals surface area contributed by atoms with Crippen LogP contribution in [-0.2, 0) is 11.3 Å². The average Bonchev–Trinajstić information content (AvgIpc) is 2.75. The quantitative estimate of drug-likeness (QED) is 0.517. The number of piperazine rings is 1. The lowest BCUT2D eigenvalue weighted by Gasteiger charge is -2.38. The van der Waals surface area contributed by atoms with Gasteiger partial charge in [0.2, 0.25) is 0 Å². The van der Waals surface area contributed by atoms with E-state index in [9.17, 15) is 4.79 Å². The normalized spacial score (nSPS) is 17.4. The van der Waals surface area contributed by atoms with Gasteiger partial charge in [-0.1, -0.05) is 35.6 Å². The van der Waals surface area contributed by atoms with Crippen LogP contribution in [0.2, 0.25) is 5.02 Å². The van der Waals surface area contributed by atoms with Crippen molar-refractivity contribution in [2.75, 3.05) is 31.9 Å². The highest BCUT2D eigenvalue weighted by molar-refractivity contribution is 6.30. The molecule has 1 aromatic heterocycles. The number of hydrogen-bond donors (Lipinski definition) is 1. The zero-order chi connectivity index (χ0) is 20.9. The van der Waals surface area contributed by atoms with Crippen molar-refractivity contribution < 1.29 is 4.79 Å². The summed E-state index contributed by atoms with van der Waals surface area (Å²) in [6.45, 7) is 3.63. The molecule has 1 unspecified atom stereocenters. The molecule has 0 bridgehead atoms. The highest BCUT2D eigenvalue weighted by atomic mass is 35.5. The predicted molar refractivity (Wildman–Crippen MR) is 119 cm³/mol. The number of nitrogens with zero attached hydrogens (tertiary/aromatic N) is 4. The SMILES string of the molecule is Nc1ncnc2cc(CN3CCN(CC#Cc4cccc(Cl)c4)CC3C=O)ccc12. The number of aldehydes is 1.